The van der Waals surface area contributed by atoms with E-state index in [1.807, 2.05) is 0 Å². The van der Waals surface area contributed by atoms with Crippen LogP contribution in [-0.2, 0) is 0 Å². The average molecular weight is 420 g/mol. The summed E-state index contributed by atoms with van der Waals surface area (Å²) < 4.78 is 11.4. The molecule has 0 aliphatic rings. The molecule has 0 radical (unpaired) electrons. The molecule has 0 amide bonds. The molecule has 0 aromatic heterocycles. The SMILES string of the molecule is COc1cc(N=C(N)N=C(N)N)c(C(=O)c2ccc(Br)cc2)cc1OC. The summed E-state index contributed by atoms with van der Waals surface area (Å²) in [7, 11) is 2.95. The minimum absolute atomic E-state index is 0.193. The topological polar surface area (TPSA) is 138 Å². The summed E-state index contributed by atoms with van der Waals surface area (Å²) in [6.45, 7) is 0. The van der Waals surface area contributed by atoms with E-state index < -0.39 is 0 Å². The molecule has 0 unspecified atom stereocenters. The average Bonchev–Trinajstić information content (AvgIpc) is 2.60. The number of guanidine groups is 2. The van der Waals surface area contributed by atoms with Crippen molar-refractivity contribution in [2.75, 3.05) is 14.2 Å². The van der Waals surface area contributed by atoms with Gasteiger partial charge in [0.25, 0.3) is 0 Å². The number of halogens is 1. The standard InChI is InChI=1S/C17H18BrN5O3/c1-25-13-7-11(15(24)9-3-5-10(18)6-4-9)12(8-14(13)26-2)22-17(21)23-16(19)20/h3-8H,1-2H3,(H6,19,20,21,22,23). The lowest BCUT2D eigenvalue weighted by Gasteiger charge is -2.12. The van der Waals surface area contributed by atoms with E-state index in [-0.39, 0.29) is 29.0 Å². The molecule has 2 aromatic rings. The number of hydrogen-bond donors (Lipinski definition) is 3. The second-order valence-electron chi connectivity index (χ2n) is 5.07. The van der Waals surface area contributed by atoms with Crippen LogP contribution in [0.4, 0.5) is 5.69 Å². The third kappa shape index (κ3) is 4.51. The molecule has 0 saturated heterocycles. The highest BCUT2D eigenvalue weighted by atomic mass is 79.9. The first-order valence-corrected chi connectivity index (χ1v) is 8.15. The maximum Gasteiger partial charge on any atom is 0.223 e. The summed E-state index contributed by atoms with van der Waals surface area (Å²) in [6, 6.07) is 9.98. The lowest BCUT2D eigenvalue weighted by molar-refractivity contribution is 0.103. The summed E-state index contributed by atoms with van der Waals surface area (Å²) in [5, 5.41) is 0. The van der Waals surface area contributed by atoms with Crippen molar-refractivity contribution in [3.63, 3.8) is 0 Å². The van der Waals surface area contributed by atoms with Crippen molar-refractivity contribution in [1.29, 1.82) is 0 Å². The molecule has 9 heteroatoms. The van der Waals surface area contributed by atoms with Crippen LogP contribution in [0.3, 0.4) is 0 Å². The van der Waals surface area contributed by atoms with Gasteiger partial charge in [0.15, 0.2) is 23.2 Å². The summed E-state index contributed by atoms with van der Waals surface area (Å²) in [5.41, 5.74) is 17.3. The molecule has 0 fully saturated rings. The fraction of sp³-hybridized carbons (Fsp3) is 0.118. The second kappa shape index (κ2) is 8.34. The number of rotatable bonds is 5. The van der Waals surface area contributed by atoms with Crippen LogP contribution in [0.25, 0.3) is 0 Å². The van der Waals surface area contributed by atoms with Crippen molar-refractivity contribution >= 4 is 39.3 Å². The molecular weight excluding hydrogens is 402 g/mol. The molecule has 136 valence electrons. The van der Waals surface area contributed by atoms with Crippen molar-refractivity contribution in [3.8, 4) is 11.5 Å². The van der Waals surface area contributed by atoms with Crippen molar-refractivity contribution in [2.45, 2.75) is 0 Å². The first-order chi connectivity index (χ1) is 12.3. The van der Waals surface area contributed by atoms with Crippen molar-refractivity contribution in [1.82, 2.24) is 0 Å². The molecular formula is C17H18BrN5O3. The Hall–Kier alpha value is -3.07. The fourth-order valence-corrected chi connectivity index (χ4v) is 2.44. The third-order valence-corrected chi connectivity index (χ3v) is 3.86. The molecule has 0 spiro atoms. The number of ether oxygens (including phenoxy) is 2. The van der Waals surface area contributed by atoms with Gasteiger partial charge in [-0.2, -0.15) is 4.99 Å². The molecule has 0 saturated carbocycles. The van der Waals surface area contributed by atoms with E-state index in [1.165, 1.54) is 26.4 Å². The lowest BCUT2D eigenvalue weighted by Crippen LogP contribution is -2.26. The number of nitrogens with zero attached hydrogens (tertiary/aromatic N) is 2. The maximum atomic E-state index is 12.9. The molecule has 0 aliphatic carbocycles. The van der Waals surface area contributed by atoms with E-state index in [2.05, 4.69) is 25.9 Å². The van der Waals surface area contributed by atoms with Gasteiger partial charge in [0, 0.05) is 16.1 Å². The molecule has 0 aliphatic heterocycles. The van der Waals surface area contributed by atoms with Gasteiger partial charge < -0.3 is 26.7 Å². The van der Waals surface area contributed by atoms with E-state index >= 15 is 0 Å². The number of carbonyl (C=O) groups is 1. The van der Waals surface area contributed by atoms with E-state index in [4.69, 9.17) is 26.7 Å². The predicted octanol–water partition coefficient (Wildman–Crippen LogP) is 1.92. The van der Waals surface area contributed by atoms with Crippen LogP contribution in [0.1, 0.15) is 15.9 Å². The van der Waals surface area contributed by atoms with Gasteiger partial charge in [-0.15, -0.1) is 0 Å². The zero-order chi connectivity index (χ0) is 19.3. The summed E-state index contributed by atoms with van der Waals surface area (Å²) >= 11 is 3.34. The Balaban J connectivity index is 2.63. The zero-order valence-corrected chi connectivity index (χ0v) is 15.8. The van der Waals surface area contributed by atoms with Crippen LogP contribution in [0.15, 0.2) is 50.9 Å². The van der Waals surface area contributed by atoms with E-state index in [0.29, 0.717) is 17.1 Å². The Morgan fingerprint density at radius 2 is 1.58 bits per heavy atom. The number of benzene rings is 2. The molecule has 2 rings (SSSR count). The molecule has 0 atom stereocenters. The minimum Gasteiger partial charge on any atom is -0.493 e. The highest BCUT2D eigenvalue weighted by molar-refractivity contribution is 9.10. The van der Waals surface area contributed by atoms with Crippen molar-refractivity contribution < 1.29 is 14.3 Å². The minimum atomic E-state index is -0.269. The number of methoxy groups -OCH3 is 2. The largest absolute Gasteiger partial charge is 0.493 e. The number of aliphatic imine (C=N–C) groups is 2. The normalized spacial score (nSPS) is 11.0. The van der Waals surface area contributed by atoms with E-state index in [9.17, 15) is 4.79 Å². The summed E-state index contributed by atoms with van der Waals surface area (Å²) in [4.78, 5) is 20.7. The van der Waals surface area contributed by atoms with Gasteiger partial charge in [0.1, 0.15) is 0 Å². The molecule has 6 N–H and O–H groups in total. The van der Waals surface area contributed by atoms with Gasteiger partial charge in [-0.1, -0.05) is 15.9 Å². The molecule has 0 heterocycles. The van der Waals surface area contributed by atoms with Gasteiger partial charge in [-0.3, -0.25) is 4.79 Å². The Morgan fingerprint density at radius 3 is 2.12 bits per heavy atom. The molecule has 26 heavy (non-hydrogen) atoms. The predicted molar refractivity (Wildman–Crippen MR) is 104 cm³/mol. The van der Waals surface area contributed by atoms with Gasteiger partial charge in [0.2, 0.25) is 5.96 Å². The molecule has 8 nitrogen and oxygen atoms in total. The smallest absolute Gasteiger partial charge is 0.223 e. The number of carbonyl (C=O) groups excluding carboxylic acids is 1. The van der Waals surface area contributed by atoms with Crippen molar-refractivity contribution in [3.05, 3.63) is 52.0 Å². The van der Waals surface area contributed by atoms with Crippen LogP contribution < -0.4 is 26.7 Å². The summed E-state index contributed by atoms with van der Waals surface area (Å²) in [6.07, 6.45) is 0. The highest BCUT2D eigenvalue weighted by Gasteiger charge is 2.18. The van der Waals surface area contributed by atoms with Crippen LogP contribution in [0.5, 0.6) is 11.5 Å². The maximum absolute atomic E-state index is 12.9. The van der Waals surface area contributed by atoms with Gasteiger partial charge in [0.05, 0.1) is 25.5 Å². The number of hydrogen-bond acceptors (Lipinski definition) is 4. The van der Waals surface area contributed by atoms with E-state index in [0.717, 1.165) is 4.47 Å². The zero-order valence-electron chi connectivity index (χ0n) is 14.2. The highest BCUT2D eigenvalue weighted by Crippen LogP contribution is 2.36. The quantitative estimate of drug-likeness (QED) is 0.384. The first kappa shape index (κ1) is 19.3. The van der Waals surface area contributed by atoms with Gasteiger partial charge in [-0.05, 0) is 30.3 Å². The fourth-order valence-electron chi connectivity index (χ4n) is 2.18. The van der Waals surface area contributed by atoms with Crippen molar-refractivity contribution in [2.24, 2.45) is 27.2 Å². The lowest BCUT2D eigenvalue weighted by atomic mass is 10.0. The van der Waals surface area contributed by atoms with Gasteiger partial charge >= 0.3 is 0 Å². The monoisotopic (exact) mass is 419 g/mol. The number of ketones is 1. The Bertz CT molecular complexity index is 875. The second-order valence-corrected chi connectivity index (χ2v) is 5.98. The Kier molecular flexibility index (Phi) is 6.18. The van der Waals surface area contributed by atoms with Crippen LogP contribution in [0, 0.1) is 0 Å². The van der Waals surface area contributed by atoms with E-state index in [1.54, 1.807) is 24.3 Å². The molecule has 0 bridgehead atoms. The van der Waals surface area contributed by atoms with Gasteiger partial charge in [-0.25, -0.2) is 4.99 Å². The Morgan fingerprint density at radius 1 is 1.00 bits per heavy atom. The summed E-state index contributed by atoms with van der Waals surface area (Å²) in [5.74, 6) is 0.0627. The molecule has 2 aromatic carbocycles. The van der Waals surface area contributed by atoms with Crippen LogP contribution >= 0.6 is 15.9 Å². The third-order valence-electron chi connectivity index (χ3n) is 3.33. The Labute approximate surface area is 158 Å². The first-order valence-electron chi connectivity index (χ1n) is 7.35. The van der Waals surface area contributed by atoms with Crippen LogP contribution in [0.2, 0.25) is 0 Å². The number of nitrogens with two attached hydrogens (primary N) is 3. The van der Waals surface area contributed by atoms with Crippen LogP contribution in [-0.4, -0.2) is 31.9 Å².